The maximum absolute atomic E-state index is 13.0. The first kappa shape index (κ1) is 31.3. The number of carboxylic acids is 1. The van der Waals surface area contributed by atoms with Crippen molar-refractivity contribution >= 4 is 28.5 Å². The Morgan fingerprint density at radius 2 is 1.84 bits per heavy atom. The normalized spacial score (nSPS) is 37.1. The van der Waals surface area contributed by atoms with E-state index in [1.54, 1.807) is 25.1 Å². The number of carbonyl (C=O) groups excluding carboxylic acids is 1. The van der Waals surface area contributed by atoms with Crippen molar-refractivity contribution in [1.29, 1.82) is 0 Å². The average Bonchev–Trinajstić information content (AvgIpc) is 3.33. The quantitative estimate of drug-likeness (QED) is 0.280. The van der Waals surface area contributed by atoms with Crippen molar-refractivity contribution in [2.75, 3.05) is 5.32 Å². The second-order valence-electron chi connectivity index (χ2n) is 15.2. The highest BCUT2D eigenvalue weighted by Crippen LogP contribution is 2.68. The third-order valence-corrected chi connectivity index (χ3v) is 13.2. The first-order valence-corrected chi connectivity index (χ1v) is 16.8. The number of rotatable bonds is 7. The lowest BCUT2D eigenvalue weighted by molar-refractivity contribution is -0.174. The van der Waals surface area contributed by atoms with Gasteiger partial charge in [0.1, 0.15) is 5.58 Å². The summed E-state index contributed by atoms with van der Waals surface area (Å²) in [5.41, 5.74) is 0.962. The molecule has 0 bridgehead atoms. The second kappa shape index (κ2) is 11.6. The fraction of sp³-hybridized carbons (Fsp3) is 0.694. The summed E-state index contributed by atoms with van der Waals surface area (Å²) in [5.74, 6) is 1.70. The van der Waals surface area contributed by atoms with Gasteiger partial charge in [0.2, 0.25) is 5.91 Å². The van der Waals surface area contributed by atoms with Crippen molar-refractivity contribution in [3.05, 3.63) is 39.7 Å². The molecule has 4 fully saturated rings. The minimum Gasteiger partial charge on any atom is -0.481 e. The third-order valence-electron chi connectivity index (χ3n) is 13.2. The molecule has 4 N–H and O–H groups in total. The lowest BCUT2D eigenvalue weighted by atomic mass is 9.43. The highest BCUT2D eigenvalue weighted by atomic mass is 16.4. The number of fused-ring (bicyclic) bond motifs is 6. The zero-order chi connectivity index (χ0) is 31.6. The molecule has 0 aliphatic heterocycles. The molecular formula is C36H49NO7. The van der Waals surface area contributed by atoms with Gasteiger partial charge in [-0.05, 0) is 129 Å². The molecule has 10 unspecified atom stereocenters. The molecule has 8 nitrogen and oxygen atoms in total. The number of carbonyl (C=O) groups is 2. The Morgan fingerprint density at radius 3 is 2.59 bits per heavy atom. The van der Waals surface area contributed by atoms with Gasteiger partial charge in [-0.15, -0.1) is 0 Å². The molecule has 4 saturated carbocycles. The third kappa shape index (κ3) is 5.20. The molecule has 1 aromatic carbocycles. The van der Waals surface area contributed by atoms with Crippen molar-refractivity contribution in [2.45, 2.75) is 111 Å². The number of aliphatic hydroxyl groups excluding tert-OH is 2. The minimum atomic E-state index is -1.09. The van der Waals surface area contributed by atoms with Crippen LogP contribution in [0.15, 0.2) is 27.4 Å². The number of hydrogen-bond donors (Lipinski definition) is 4. The Kier molecular flexibility index (Phi) is 8.23. The monoisotopic (exact) mass is 607 g/mol. The number of anilines is 1. The van der Waals surface area contributed by atoms with Crippen LogP contribution >= 0.6 is 0 Å². The first-order valence-electron chi connectivity index (χ1n) is 16.8. The van der Waals surface area contributed by atoms with Crippen LogP contribution in [0, 0.1) is 53.3 Å². The van der Waals surface area contributed by atoms with E-state index in [-0.39, 0.29) is 34.5 Å². The van der Waals surface area contributed by atoms with Gasteiger partial charge in [-0.25, -0.2) is 4.79 Å². The van der Waals surface area contributed by atoms with Gasteiger partial charge >= 0.3 is 11.6 Å². The summed E-state index contributed by atoms with van der Waals surface area (Å²) in [6, 6.07) is 5.12. The maximum atomic E-state index is 13.0. The number of nitrogens with one attached hydrogen (secondary N) is 1. The van der Waals surface area contributed by atoms with Gasteiger partial charge in [-0.2, -0.15) is 0 Å². The zero-order valence-corrected chi connectivity index (χ0v) is 26.6. The fourth-order valence-corrected chi connectivity index (χ4v) is 10.8. The van der Waals surface area contributed by atoms with Crippen LogP contribution in [-0.4, -0.2) is 39.4 Å². The van der Waals surface area contributed by atoms with E-state index in [2.05, 4.69) is 26.1 Å². The van der Waals surface area contributed by atoms with E-state index < -0.39 is 18.0 Å². The minimum absolute atomic E-state index is 0.104. The molecule has 8 heteroatoms. The standard InChI is InChI=1S/C36H49NO7/c1-19(5-12-32(40)37-22-7-9-24-20(2)26(17-33(41)42)34(43)44-30(24)16-22)27-10-11-28-25-8-6-21-15-23(38)13-14-35(21,3)29(25)18-31(39)36(27,28)4/h7,9,16,19,21,23,25,27-29,31,38-39H,5-6,8,10-15,17-18H2,1-4H3,(H,37,40)(H,41,42). The molecule has 0 saturated heterocycles. The van der Waals surface area contributed by atoms with Crippen molar-refractivity contribution in [3.63, 3.8) is 0 Å². The molecule has 0 radical (unpaired) electrons. The van der Waals surface area contributed by atoms with Gasteiger partial charge in [-0.3, -0.25) is 9.59 Å². The topological polar surface area (TPSA) is 137 Å². The summed E-state index contributed by atoms with van der Waals surface area (Å²) in [7, 11) is 0. The van der Waals surface area contributed by atoms with Crippen molar-refractivity contribution in [2.24, 2.45) is 46.3 Å². The highest BCUT2D eigenvalue weighted by Gasteiger charge is 2.63. The Labute approximate surface area is 259 Å². The average molecular weight is 608 g/mol. The molecule has 0 spiro atoms. The van der Waals surface area contributed by atoms with Crippen LogP contribution in [0.25, 0.3) is 11.0 Å². The van der Waals surface area contributed by atoms with E-state index in [1.165, 1.54) is 12.8 Å². The van der Waals surface area contributed by atoms with Crippen LogP contribution in [0.2, 0.25) is 0 Å². The molecule has 10 atom stereocenters. The van der Waals surface area contributed by atoms with Crippen LogP contribution in [0.5, 0.6) is 0 Å². The second-order valence-corrected chi connectivity index (χ2v) is 15.2. The molecule has 44 heavy (non-hydrogen) atoms. The van der Waals surface area contributed by atoms with E-state index in [1.807, 2.05) is 0 Å². The Morgan fingerprint density at radius 1 is 1.07 bits per heavy atom. The van der Waals surface area contributed by atoms with Gasteiger partial charge in [0, 0.05) is 23.6 Å². The van der Waals surface area contributed by atoms with Gasteiger partial charge in [0.25, 0.3) is 0 Å². The van der Waals surface area contributed by atoms with Crippen LogP contribution in [0.3, 0.4) is 0 Å². The zero-order valence-electron chi connectivity index (χ0n) is 26.6. The molecule has 4 aliphatic carbocycles. The number of hydrogen-bond acceptors (Lipinski definition) is 6. The van der Waals surface area contributed by atoms with Crippen LogP contribution in [-0.2, 0) is 16.0 Å². The number of carboxylic acid groups (broad SMARTS) is 1. The predicted molar refractivity (Wildman–Crippen MR) is 168 cm³/mol. The van der Waals surface area contributed by atoms with Crippen LogP contribution in [0.4, 0.5) is 5.69 Å². The smallest absolute Gasteiger partial charge is 0.340 e. The van der Waals surface area contributed by atoms with E-state index >= 15 is 0 Å². The predicted octanol–water partition coefficient (Wildman–Crippen LogP) is 6.07. The number of aliphatic carboxylic acids is 1. The lowest BCUT2D eigenvalue weighted by Crippen LogP contribution is -2.58. The van der Waals surface area contributed by atoms with Gasteiger partial charge in [0.05, 0.1) is 24.2 Å². The highest BCUT2D eigenvalue weighted by molar-refractivity contribution is 5.94. The molecule has 2 aromatic rings. The number of amides is 1. The summed E-state index contributed by atoms with van der Waals surface area (Å²) >= 11 is 0. The summed E-state index contributed by atoms with van der Waals surface area (Å²) in [4.78, 5) is 36.6. The lowest BCUT2D eigenvalue weighted by Gasteiger charge is -2.62. The summed E-state index contributed by atoms with van der Waals surface area (Å²) < 4.78 is 5.41. The summed E-state index contributed by atoms with van der Waals surface area (Å²) in [6.07, 6.45) is 8.57. The van der Waals surface area contributed by atoms with E-state index in [4.69, 9.17) is 9.52 Å². The fourth-order valence-electron chi connectivity index (χ4n) is 10.8. The van der Waals surface area contributed by atoms with Crippen LogP contribution < -0.4 is 10.9 Å². The molecule has 240 valence electrons. The van der Waals surface area contributed by atoms with E-state index in [0.29, 0.717) is 64.1 Å². The Hall–Kier alpha value is -2.71. The van der Waals surface area contributed by atoms with Gasteiger partial charge in [0.15, 0.2) is 0 Å². The first-order chi connectivity index (χ1) is 20.8. The van der Waals surface area contributed by atoms with Crippen LogP contribution in [0.1, 0.15) is 96.1 Å². The van der Waals surface area contributed by atoms with Gasteiger partial charge in [-0.1, -0.05) is 20.8 Å². The largest absolute Gasteiger partial charge is 0.481 e. The van der Waals surface area contributed by atoms with Crippen molar-refractivity contribution < 1.29 is 29.3 Å². The van der Waals surface area contributed by atoms with Crippen molar-refractivity contribution in [3.8, 4) is 0 Å². The van der Waals surface area contributed by atoms with Crippen molar-refractivity contribution in [1.82, 2.24) is 0 Å². The summed E-state index contributed by atoms with van der Waals surface area (Å²) in [5, 5.41) is 34.9. The number of benzene rings is 1. The Bertz CT molecular complexity index is 1500. The molecule has 1 amide bonds. The molecular weight excluding hydrogens is 558 g/mol. The van der Waals surface area contributed by atoms with Gasteiger partial charge < -0.3 is 25.1 Å². The Balaban J connectivity index is 1.10. The molecule has 4 aliphatic rings. The maximum Gasteiger partial charge on any atom is 0.340 e. The number of aliphatic hydroxyl groups is 2. The SMILES string of the molecule is Cc1c(CC(=O)O)c(=O)oc2cc(NC(=O)CCC(C)C3CCC4C5CCC6CC(O)CCC6(C)C5CC(O)C34C)ccc12. The van der Waals surface area contributed by atoms with E-state index in [0.717, 1.165) is 44.9 Å². The molecule has 6 rings (SSSR count). The molecule has 1 aromatic heterocycles. The van der Waals surface area contributed by atoms with E-state index in [9.17, 15) is 24.6 Å². The molecule has 1 heterocycles. The summed E-state index contributed by atoms with van der Waals surface area (Å²) in [6.45, 7) is 8.73. The number of aryl methyl sites for hydroxylation is 1.